The molecule has 0 amide bonds. The third kappa shape index (κ3) is 4.40. The lowest BCUT2D eigenvalue weighted by Crippen LogP contribution is -2.42. The minimum atomic E-state index is 0.284. The Morgan fingerprint density at radius 1 is 0.912 bits per heavy atom. The van der Waals surface area contributed by atoms with Crippen molar-refractivity contribution < 1.29 is 0 Å². The Labute approximate surface area is 209 Å². The molecule has 2 aliphatic heterocycles. The first-order chi connectivity index (χ1) is 16.2. The third-order valence-electron chi connectivity index (χ3n) is 7.46. The molecular weight excluding hydrogens is 440 g/mol. The van der Waals surface area contributed by atoms with Crippen LogP contribution in [0.25, 0.3) is 11.4 Å². The summed E-state index contributed by atoms with van der Waals surface area (Å²) in [6, 6.07) is 12.6. The van der Waals surface area contributed by atoms with Crippen molar-refractivity contribution in [1.29, 1.82) is 0 Å². The van der Waals surface area contributed by atoms with Crippen molar-refractivity contribution in [1.82, 2.24) is 9.97 Å². The molecule has 3 heterocycles. The van der Waals surface area contributed by atoms with Gasteiger partial charge in [-0.25, -0.2) is 9.97 Å². The second kappa shape index (κ2) is 8.88. The molecule has 1 aromatic heterocycles. The molecule has 4 nitrogen and oxygen atoms in total. The molecule has 178 valence electrons. The van der Waals surface area contributed by atoms with Crippen LogP contribution in [0.15, 0.2) is 36.4 Å². The number of rotatable bonds is 3. The quantitative estimate of drug-likeness (QED) is 0.412. The van der Waals surface area contributed by atoms with E-state index in [4.69, 9.17) is 21.6 Å². The third-order valence-corrected chi connectivity index (χ3v) is 7.69. The number of benzene rings is 2. The fraction of sp³-hybridized carbons (Fsp3) is 0.448. The SMILES string of the molecule is Cc1ccc(Cl)cc1N1CCc2nc(-c3c(C)cccc3C)nc(N3CCCC(C)(C)C3)c2C1. The lowest BCUT2D eigenvalue weighted by atomic mass is 9.84. The van der Waals surface area contributed by atoms with E-state index in [1.807, 2.05) is 6.07 Å². The molecule has 1 saturated heterocycles. The molecule has 0 radical (unpaired) electrons. The van der Waals surface area contributed by atoms with Crippen molar-refractivity contribution >= 4 is 23.1 Å². The maximum Gasteiger partial charge on any atom is 0.162 e. The van der Waals surface area contributed by atoms with E-state index in [0.717, 1.165) is 49.3 Å². The maximum absolute atomic E-state index is 6.38. The van der Waals surface area contributed by atoms with Gasteiger partial charge in [-0.2, -0.15) is 0 Å². The highest BCUT2D eigenvalue weighted by atomic mass is 35.5. The van der Waals surface area contributed by atoms with Gasteiger partial charge >= 0.3 is 0 Å². The molecule has 0 saturated carbocycles. The van der Waals surface area contributed by atoms with Crippen LogP contribution in [-0.4, -0.2) is 29.6 Å². The Kier molecular flexibility index (Phi) is 6.05. The Morgan fingerprint density at radius 3 is 2.41 bits per heavy atom. The molecule has 0 unspecified atom stereocenters. The van der Waals surface area contributed by atoms with E-state index in [1.165, 1.54) is 52.0 Å². The summed E-state index contributed by atoms with van der Waals surface area (Å²) in [5, 5.41) is 0.783. The van der Waals surface area contributed by atoms with Gasteiger partial charge in [0.2, 0.25) is 0 Å². The second-order valence-electron chi connectivity index (χ2n) is 10.9. The highest BCUT2D eigenvalue weighted by Crippen LogP contribution is 2.38. The first-order valence-corrected chi connectivity index (χ1v) is 12.8. The van der Waals surface area contributed by atoms with Crippen LogP contribution in [0, 0.1) is 26.2 Å². The number of halogens is 1. The average Bonchev–Trinajstić information content (AvgIpc) is 2.79. The standard InChI is InChI=1S/C29H35ClN4/c1-19-10-11-22(30)16-25(19)33-15-12-24-23(17-33)28(34-14-7-13-29(4,5)18-34)32-27(31-24)26-20(2)8-6-9-21(26)3/h6,8-11,16H,7,12-15,17-18H2,1-5H3. The predicted molar refractivity (Wildman–Crippen MR) is 143 cm³/mol. The van der Waals surface area contributed by atoms with Crippen LogP contribution in [-0.2, 0) is 13.0 Å². The predicted octanol–water partition coefficient (Wildman–Crippen LogP) is 6.91. The van der Waals surface area contributed by atoms with Crippen LogP contribution in [0.5, 0.6) is 0 Å². The number of piperidine rings is 1. The lowest BCUT2D eigenvalue weighted by Gasteiger charge is -2.41. The molecule has 0 atom stereocenters. The van der Waals surface area contributed by atoms with Crippen molar-refractivity contribution in [3.63, 3.8) is 0 Å². The molecule has 0 N–H and O–H groups in total. The molecule has 5 heteroatoms. The molecule has 2 aromatic carbocycles. The number of aryl methyl sites for hydroxylation is 3. The highest BCUT2D eigenvalue weighted by Gasteiger charge is 2.32. The fourth-order valence-corrected chi connectivity index (χ4v) is 5.84. The summed E-state index contributed by atoms with van der Waals surface area (Å²) in [5.74, 6) is 2.00. The van der Waals surface area contributed by atoms with E-state index in [1.54, 1.807) is 0 Å². The van der Waals surface area contributed by atoms with E-state index < -0.39 is 0 Å². The molecule has 2 aliphatic rings. The monoisotopic (exact) mass is 474 g/mol. The first-order valence-electron chi connectivity index (χ1n) is 12.4. The van der Waals surface area contributed by atoms with Gasteiger partial charge in [0.1, 0.15) is 5.82 Å². The van der Waals surface area contributed by atoms with E-state index in [9.17, 15) is 0 Å². The minimum absolute atomic E-state index is 0.284. The van der Waals surface area contributed by atoms with Crippen LogP contribution in [0.1, 0.15) is 54.6 Å². The van der Waals surface area contributed by atoms with Gasteiger partial charge in [-0.1, -0.05) is 49.7 Å². The summed E-state index contributed by atoms with van der Waals surface area (Å²) in [6.45, 7) is 15.1. The summed E-state index contributed by atoms with van der Waals surface area (Å²) < 4.78 is 0. The van der Waals surface area contributed by atoms with Gasteiger partial charge in [-0.3, -0.25) is 0 Å². The van der Waals surface area contributed by atoms with Crippen LogP contribution in [0.2, 0.25) is 5.02 Å². The lowest BCUT2D eigenvalue weighted by molar-refractivity contribution is 0.291. The van der Waals surface area contributed by atoms with Gasteiger partial charge in [-0.05, 0) is 67.9 Å². The zero-order valence-corrected chi connectivity index (χ0v) is 21.8. The van der Waals surface area contributed by atoms with E-state index >= 15 is 0 Å². The van der Waals surface area contributed by atoms with E-state index in [0.29, 0.717) is 0 Å². The number of anilines is 2. The van der Waals surface area contributed by atoms with Crippen molar-refractivity contribution in [2.24, 2.45) is 5.41 Å². The zero-order chi connectivity index (χ0) is 24.0. The molecular formula is C29H35ClN4. The molecule has 0 spiro atoms. The number of hydrogen-bond acceptors (Lipinski definition) is 4. The maximum atomic E-state index is 6.38. The number of hydrogen-bond donors (Lipinski definition) is 0. The highest BCUT2D eigenvalue weighted by molar-refractivity contribution is 6.30. The van der Waals surface area contributed by atoms with Crippen molar-refractivity contribution in [3.05, 3.63) is 69.4 Å². The summed E-state index contributed by atoms with van der Waals surface area (Å²) in [6.07, 6.45) is 3.36. The summed E-state index contributed by atoms with van der Waals surface area (Å²) >= 11 is 6.38. The number of aromatic nitrogens is 2. The van der Waals surface area contributed by atoms with Gasteiger partial charge in [-0.15, -0.1) is 0 Å². The Morgan fingerprint density at radius 2 is 1.68 bits per heavy atom. The van der Waals surface area contributed by atoms with Crippen molar-refractivity contribution in [2.75, 3.05) is 29.4 Å². The largest absolute Gasteiger partial charge is 0.366 e. The molecule has 0 bridgehead atoms. The smallest absolute Gasteiger partial charge is 0.162 e. The van der Waals surface area contributed by atoms with Crippen LogP contribution in [0.4, 0.5) is 11.5 Å². The summed E-state index contributed by atoms with van der Waals surface area (Å²) in [5.41, 5.74) is 8.86. The normalized spacial score (nSPS) is 17.6. The number of fused-ring (bicyclic) bond motifs is 1. The van der Waals surface area contributed by atoms with Gasteiger partial charge < -0.3 is 9.80 Å². The molecule has 1 fully saturated rings. The molecule has 5 rings (SSSR count). The van der Waals surface area contributed by atoms with Gasteiger partial charge in [0.05, 0.1) is 5.69 Å². The van der Waals surface area contributed by atoms with E-state index in [-0.39, 0.29) is 5.41 Å². The topological polar surface area (TPSA) is 32.3 Å². The van der Waals surface area contributed by atoms with Gasteiger partial charge in [0.15, 0.2) is 5.82 Å². The minimum Gasteiger partial charge on any atom is -0.366 e. The first kappa shape index (κ1) is 23.2. The Balaban J connectivity index is 1.63. The second-order valence-corrected chi connectivity index (χ2v) is 11.3. The zero-order valence-electron chi connectivity index (χ0n) is 21.1. The van der Waals surface area contributed by atoms with Crippen LogP contribution < -0.4 is 9.80 Å². The van der Waals surface area contributed by atoms with Crippen LogP contribution in [0.3, 0.4) is 0 Å². The summed E-state index contributed by atoms with van der Waals surface area (Å²) in [7, 11) is 0. The average molecular weight is 475 g/mol. The van der Waals surface area contributed by atoms with Gasteiger partial charge in [0, 0.05) is 54.4 Å². The van der Waals surface area contributed by atoms with Crippen LogP contribution >= 0.6 is 11.6 Å². The van der Waals surface area contributed by atoms with E-state index in [2.05, 4.69) is 74.8 Å². The van der Waals surface area contributed by atoms with Gasteiger partial charge in [0.25, 0.3) is 0 Å². The fourth-order valence-electron chi connectivity index (χ4n) is 5.67. The summed E-state index contributed by atoms with van der Waals surface area (Å²) in [4.78, 5) is 15.4. The molecule has 34 heavy (non-hydrogen) atoms. The van der Waals surface area contributed by atoms with Crippen molar-refractivity contribution in [2.45, 2.75) is 60.4 Å². The number of nitrogens with zero attached hydrogens (tertiary/aromatic N) is 4. The molecule has 0 aliphatic carbocycles. The Hall–Kier alpha value is -2.59. The Bertz CT molecular complexity index is 1210. The van der Waals surface area contributed by atoms with Crippen molar-refractivity contribution in [3.8, 4) is 11.4 Å². The molecule has 3 aromatic rings.